The highest BCUT2D eigenvalue weighted by Gasteiger charge is 2.52. The van der Waals surface area contributed by atoms with Gasteiger partial charge in [-0.15, -0.1) is 0 Å². The number of nitrogens with zero attached hydrogens (tertiary/aromatic N) is 2. The molecule has 0 bridgehead atoms. The van der Waals surface area contributed by atoms with E-state index in [0.29, 0.717) is 5.56 Å². The van der Waals surface area contributed by atoms with E-state index in [1.54, 1.807) is 23.0 Å². The van der Waals surface area contributed by atoms with Crippen LogP contribution in [0, 0.1) is 0 Å². The number of aromatic nitrogens is 2. The summed E-state index contributed by atoms with van der Waals surface area (Å²) in [6, 6.07) is 3.47. The van der Waals surface area contributed by atoms with Crippen LogP contribution in [0.1, 0.15) is 38.1 Å². The van der Waals surface area contributed by atoms with E-state index in [0.717, 1.165) is 16.4 Å². The third kappa shape index (κ3) is 2.12. The van der Waals surface area contributed by atoms with E-state index in [-0.39, 0.29) is 0 Å². The summed E-state index contributed by atoms with van der Waals surface area (Å²) in [6.45, 7) is 7.97. The summed E-state index contributed by atoms with van der Waals surface area (Å²) in [6.07, 6.45) is 1.75. The summed E-state index contributed by atoms with van der Waals surface area (Å²) in [7, 11) is 1.26. The zero-order valence-corrected chi connectivity index (χ0v) is 13.5. The minimum Gasteiger partial charge on any atom is -0.399 e. The van der Waals surface area contributed by atoms with Gasteiger partial charge in [0.2, 0.25) is 5.91 Å². The van der Waals surface area contributed by atoms with Gasteiger partial charge >= 0.3 is 7.12 Å². The van der Waals surface area contributed by atoms with Crippen molar-refractivity contribution in [1.82, 2.24) is 9.78 Å². The van der Waals surface area contributed by atoms with Gasteiger partial charge in [-0.05, 0) is 45.3 Å². The highest BCUT2D eigenvalue weighted by molar-refractivity contribution is 6.65. The lowest BCUT2D eigenvalue weighted by atomic mass is 9.76. The summed E-state index contributed by atoms with van der Waals surface area (Å²) in [5, 5.41) is 5.15. The normalized spacial score (nSPS) is 19.8. The van der Waals surface area contributed by atoms with E-state index < -0.39 is 24.2 Å². The van der Waals surface area contributed by atoms with Crippen molar-refractivity contribution in [2.75, 3.05) is 0 Å². The van der Waals surface area contributed by atoms with Gasteiger partial charge in [-0.2, -0.15) is 5.10 Å². The van der Waals surface area contributed by atoms with Crippen molar-refractivity contribution >= 4 is 29.4 Å². The first kappa shape index (κ1) is 15.1. The predicted octanol–water partition coefficient (Wildman–Crippen LogP) is 0.971. The largest absolute Gasteiger partial charge is 0.495 e. The number of hydrogen-bond donors (Lipinski definition) is 1. The average Bonchev–Trinajstić information content (AvgIpc) is 2.87. The first-order chi connectivity index (χ1) is 10.1. The molecule has 7 heteroatoms. The van der Waals surface area contributed by atoms with Gasteiger partial charge in [-0.1, -0.05) is 0 Å². The van der Waals surface area contributed by atoms with Crippen LogP contribution in [0.4, 0.5) is 0 Å². The third-order valence-electron chi connectivity index (χ3n) is 4.69. The maximum absolute atomic E-state index is 11.6. The number of benzene rings is 1. The second-order valence-corrected chi connectivity index (χ2v) is 6.72. The van der Waals surface area contributed by atoms with Gasteiger partial charge in [0, 0.05) is 18.0 Å². The van der Waals surface area contributed by atoms with Crippen molar-refractivity contribution in [2.45, 2.75) is 38.9 Å². The molecule has 1 aliphatic heterocycles. The quantitative estimate of drug-likeness (QED) is 0.838. The molecule has 3 rings (SSSR count). The number of amides is 1. The molecule has 2 N–H and O–H groups in total. The molecule has 0 atom stereocenters. The van der Waals surface area contributed by atoms with Crippen molar-refractivity contribution < 1.29 is 14.1 Å². The van der Waals surface area contributed by atoms with Gasteiger partial charge in [0.25, 0.3) is 0 Å². The van der Waals surface area contributed by atoms with Gasteiger partial charge in [0.1, 0.15) is 0 Å². The monoisotopic (exact) mass is 301 g/mol. The molecule has 1 aliphatic rings. The lowest BCUT2D eigenvalue weighted by molar-refractivity contribution is 0.00578. The van der Waals surface area contributed by atoms with E-state index in [2.05, 4.69) is 5.10 Å². The number of nitrogens with two attached hydrogens (primary N) is 1. The molecule has 1 aromatic carbocycles. The van der Waals surface area contributed by atoms with E-state index in [1.807, 2.05) is 34.7 Å². The molecule has 6 nitrogen and oxygen atoms in total. The van der Waals surface area contributed by atoms with Crippen molar-refractivity contribution in [2.24, 2.45) is 12.8 Å². The fourth-order valence-corrected chi connectivity index (χ4v) is 2.58. The predicted molar refractivity (Wildman–Crippen MR) is 84.9 cm³/mol. The first-order valence-corrected chi connectivity index (χ1v) is 7.23. The molecular formula is C15H20BN3O3. The Morgan fingerprint density at radius 2 is 1.82 bits per heavy atom. The lowest BCUT2D eigenvalue weighted by Gasteiger charge is -2.32. The minimum absolute atomic E-state index is 0.417. The number of fused-ring (bicyclic) bond motifs is 1. The molecule has 0 saturated carbocycles. The standard InChI is InChI=1S/C15H20BN3O3/c1-14(2)15(3,4)22-16(21-14)11-6-9(13(17)20)7-12-10(11)8-18-19(12)5/h6-8H,1-5H3,(H2,17,20). The molecule has 116 valence electrons. The number of carbonyl (C=O) groups excluding carboxylic acids is 1. The Morgan fingerprint density at radius 1 is 1.23 bits per heavy atom. The smallest absolute Gasteiger partial charge is 0.399 e. The maximum Gasteiger partial charge on any atom is 0.495 e. The highest BCUT2D eigenvalue weighted by Crippen LogP contribution is 2.37. The summed E-state index contributed by atoms with van der Waals surface area (Å²) in [4.78, 5) is 11.6. The van der Waals surface area contributed by atoms with E-state index in [9.17, 15) is 4.79 Å². The molecule has 1 saturated heterocycles. The van der Waals surface area contributed by atoms with Gasteiger partial charge in [0.05, 0.1) is 22.9 Å². The van der Waals surface area contributed by atoms with Gasteiger partial charge in [-0.3, -0.25) is 9.48 Å². The Labute approximate surface area is 129 Å². The van der Waals surface area contributed by atoms with E-state index in [1.165, 1.54) is 0 Å². The van der Waals surface area contributed by atoms with E-state index in [4.69, 9.17) is 15.0 Å². The number of primary amides is 1. The van der Waals surface area contributed by atoms with Crippen molar-refractivity contribution in [3.8, 4) is 0 Å². The van der Waals surface area contributed by atoms with Crippen LogP contribution in [0.25, 0.3) is 10.9 Å². The average molecular weight is 301 g/mol. The second kappa shape index (κ2) is 4.57. The zero-order valence-electron chi connectivity index (χ0n) is 13.5. The molecule has 0 radical (unpaired) electrons. The van der Waals surface area contributed by atoms with Crippen molar-refractivity contribution in [3.05, 3.63) is 23.9 Å². The maximum atomic E-state index is 11.6. The number of aryl methyl sites for hydroxylation is 1. The second-order valence-electron chi connectivity index (χ2n) is 6.72. The van der Waals surface area contributed by atoms with Crippen LogP contribution in [0.5, 0.6) is 0 Å². The number of rotatable bonds is 2. The molecule has 2 aromatic rings. The van der Waals surface area contributed by atoms with Crippen LogP contribution in [0.3, 0.4) is 0 Å². The molecule has 0 unspecified atom stereocenters. The molecule has 0 aliphatic carbocycles. The van der Waals surface area contributed by atoms with Gasteiger partial charge < -0.3 is 15.0 Å². The number of hydrogen-bond acceptors (Lipinski definition) is 4. The SMILES string of the molecule is Cn1ncc2c(B3OC(C)(C)C(C)(C)O3)cc(C(N)=O)cc21. The summed E-state index contributed by atoms with van der Waals surface area (Å²) >= 11 is 0. The highest BCUT2D eigenvalue weighted by atomic mass is 16.7. The topological polar surface area (TPSA) is 79.4 Å². The lowest BCUT2D eigenvalue weighted by Crippen LogP contribution is -2.41. The Morgan fingerprint density at radius 3 is 2.36 bits per heavy atom. The third-order valence-corrected chi connectivity index (χ3v) is 4.69. The molecule has 1 amide bonds. The molecular weight excluding hydrogens is 281 g/mol. The Hall–Kier alpha value is -1.86. The Bertz CT molecular complexity index is 751. The van der Waals surface area contributed by atoms with E-state index >= 15 is 0 Å². The fraction of sp³-hybridized carbons (Fsp3) is 0.467. The van der Waals surface area contributed by atoms with Gasteiger partial charge in [-0.25, -0.2) is 0 Å². The van der Waals surface area contributed by atoms with Crippen LogP contribution < -0.4 is 11.2 Å². The molecule has 1 aromatic heterocycles. The van der Waals surface area contributed by atoms with Crippen LogP contribution >= 0.6 is 0 Å². The minimum atomic E-state index is -0.559. The first-order valence-electron chi connectivity index (χ1n) is 7.23. The van der Waals surface area contributed by atoms with Crippen LogP contribution in [-0.2, 0) is 16.4 Å². The number of carbonyl (C=O) groups is 1. The van der Waals surface area contributed by atoms with Crippen molar-refractivity contribution in [1.29, 1.82) is 0 Å². The summed E-state index contributed by atoms with van der Waals surface area (Å²) in [5.41, 5.74) is 6.56. The Balaban J connectivity index is 2.17. The molecule has 1 fully saturated rings. The Kier molecular flexibility index (Phi) is 3.13. The van der Waals surface area contributed by atoms with Crippen LogP contribution in [0.15, 0.2) is 18.3 Å². The van der Waals surface area contributed by atoms with Crippen LogP contribution in [0.2, 0.25) is 0 Å². The van der Waals surface area contributed by atoms with Crippen LogP contribution in [-0.4, -0.2) is 34.0 Å². The zero-order chi connectivity index (χ0) is 16.3. The van der Waals surface area contributed by atoms with Crippen molar-refractivity contribution in [3.63, 3.8) is 0 Å². The summed E-state index contributed by atoms with van der Waals surface area (Å²) in [5.74, 6) is -0.485. The van der Waals surface area contributed by atoms with Gasteiger partial charge in [0.15, 0.2) is 0 Å². The molecule has 2 heterocycles. The molecule has 22 heavy (non-hydrogen) atoms. The molecule has 0 spiro atoms. The summed E-state index contributed by atoms with van der Waals surface area (Å²) < 4.78 is 13.9. The fourth-order valence-electron chi connectivity index (χ4n) is 2.58.